The SMILES string of the molecule is CN=C(NCc1ccccc1OC)NCC1(N2CCSCC2)CCCC1. The lowest BCUT2D eigenvalue weighted by Crippen LogP contribution is -2.57. The van der Waals surface area contributed by atoms with Gasteiger partial charge in [0.25, 0.3) is 0 Å². The highest BCUT2D eigenvalue weighted by molar-refractivity contribution is 7.99. The third-order valence-corrected chi connectivity index (χ3v) is 6.61. The second-order valence-electron chi connectivity index (χ2n) is 7.12. The Balaban J connectivity index is 1.57. The monoisotopic (exact) mass is 376 g/mol. The van der Waals surface area contributed by atoms with Gasteiger partial charge in [-0.25, -0.2) is 0 Å². The molecule has 1 aromatic carbocycles. The number of hydrogen-bond acceptors (Lipinski definition) is 4. The Hall–Kier alpha value is -1.40. The number of nitrogens with zero attached hydrogens (tertiary/aromatic N) is 2. The van der Waals surface area contributed by atoms with Crippen LogP contribution in [0, 0.1) is 0 Å². The van der Waals surface area contributed by atoms with Crippen molar-refractivity contribution < 1.29 is 4.74 Å². The number of guanidine groups is 1. The zero-order valence-electron chi connectivity index (χ0n) is 16.1. The Morgan fingerprint density at radius 2 is 1.92 bits per heavy atom. The lowest BCUT2D eigenvalue weighted by Gasteiger charge is -2.43. The predicted molar refractivity (Wildman–Crippen MR) is 111 cm³/mol. The van der Waals surface area contributed by atoms with Gasteiger partial charge in [-0.15, -0.1) is 0 Å². The topological polar surface area (TPSA) is 48.9 Å². The molecule has 26 heavy (non-hydrogen) atoms. The molecule has 0 unspecified atom stereocenters. The number of benzene rings is 1. The van der Waals surface area contributed by atoms with Crippen LogP contribution in [0.4, 0.5) is 0 Å². The second kappa shape index (κ2) is 9.51. The van der Waals surface area contributed by atoms with E-state index in [1.54, 1.807) is 7.11 Å². The van der Waals surface area contributed by atoms with Crippen LogP contribution in [0.5, 0.6) is 5.75 Å². The molecule has 0 atom stereocenters. The minimum absolute atomic E-state index is 0.309. The van der Waals surface area contributed by atoms with Gasteiger partial charge >= 0.3 is 0 Å². The molecular weight excluding hydrogens is 344 g/mol. The van der Waals surface area contributed by atoms with Crippen LogP contribution in [0.2, 0.25) is 0 Å². The van der Waals surface area contributed by atoms with E-state index in [2.05, 4.69) is 38.4 Å². The fourth-order valence-electron chi connectivity index (χ4n) is 4.17. The molecule has 1 aliphatic heterocycles. The summed E-state index contributed by atoms with van der Waals surface area (Å²) in [5.74, 6) is 4.31. The number of methoxy groups -OCH3 is 1. The Labute approximate surface area is 162 Å². The fourth-order valence-corrected chi connectivity index (χ4v) is 5.08. The van der Waals surface area contributed by atoms with Crippen molar-refractivity contribution in [2.24, 2.45) is 4.99 Å². The molecule has 6 heteroatoms. The molecular formula is C20H32N4OS. The Morgan fingerprint density at radius 3 is 2.62 bits per heavy atom. The molecule has 1 saturated carbocycles. The van der Waals surface area contributed by atoms with Crippen molar-refractivity contribution in [3.8, 4) is 5.75 Å². The molecule has 0 aromatic heterocycles. The Kier molecular flexibility index (Phi) is 7.08. The smallest absolute Gasteiger partial charge is 0.191 e. The molecule has 3 rings (SSSR count). The van der Waals surface area contributed by atoms with E-state index in [0.29, 0.717) is 12.1 Å². The van der Waals surface area contributed by atoms with Gasteiger partial charge in [-0.2, -0.15) is 11.8 Å². The highest BCUT2D eigenvalue weighted by Crippen LogP contribution is 2.36. The molecule has 0 radical (unpaired) electrons. The average Bonchev–Trinajstić information content (AvgIpc) is 3.19. The molecule has 1 aliphatic carbocycles. The Bertz CT molecular complexity index is 595. The fraction of sp³-hybridized carbons (Fsp3) is 0.650. The Morgan fingerprint density at radius 1 is 1.19 bits per heavy atom. The van der Waals surface area contributed by atoms with Gasteiger partial charge in [0.15, 0.2) is 5.96 Å². The summed E-state index contributed by atoms with van der Waals surface area (Å²) >= 11 is 2.08. The van der Waals surface area contributed by atoms with Crippen LogP contribution in [0.25, 0.3) is 0 Å². The number of ether oxygens (including phenoxy) is 1. The average molecular weight is 377 g/mol. The number of nitrogens with one attached hydrogen (secondary N) is 2. The molecule has 144 valence electrons. The van der Waals surface area contributed by atoms with Crippen LogP contribution >= 0.6 is 11.8 Å². The molecule has 2 N–H and O–H groups in total. The predicted octanol–water partition coefficient (Wildman–Crippen LogP) is 2.72. The normalized spacial score (nSPS) is 20.8. The van der Waals surface area contributed by atoms with Crippen molar-refractivity contribution in [3.63, 3.8) is 0 Å². The maximum absolute atomic E-state index is 5.44. The minimum Gasteiger partial charge on any atom is -0.496 e. The molecule has 1 aromatic rings. The lowest BCUT2D eigenvalue weighted by atomic mass is 9.94. The first-order valence-corrected chi connectivity index (χ1v) is 10.8. The summed E-state index contributed by atoms with van der Waals surface area (Å²) in [6.45, 7) is 4.12. The molecule has 0 amide bonds. The van der Waals surface area contributed by atoms with Crippen molar-refractivity contribution in [1.82, 2.24) is 15.5 Å². The van der Waals surface area contributed by atoms with Gasteiger partial charge in [0.1, 0.15) is 5.75 Å². The number of thioether (sulfide) groups is 1. The largest absolute Gasteiger partial charge is 0.496 e. The summed E-state index contributed by atoms with van der Waals surface area (Å²) < 4.78 is 5.44. The van der Waals surface area contributed by atoms with Crippen LogP contribution in [0.1, 0.15) is 31.2 Å². The van der Waals surface area contributed by atoms with Gasteiger partial charge in [-0.1, -0.05) is 31.0 Å². The van der Waals surface area contributed by atoms with Gasteiger partial charge in [0.2, 0.25) is 0 Å². The van der Waals surface area contributed by atoms with E-state index in [1.807, 2.05) is 25.2 Å². The maximum Gasteiger partial charge on any atom is 0.191 e. The summed E-state index contributed by atoms with van der Waals surface area (Å²) in [5, 5.41) is 7.05. The number of para-hydroxylation sites is 1. The summed E-state index contributed by atoms with van der Waals surface area (Å²) in [6, 6.07) is 8.12. The zero-order valence-corrected chi connectivity index (χ0v) is 16.9. The standard InChI is InChI=1S/C20H32N4OS/c1-21-19(22-15-17-7-3-4-8-18(17)25-2)23-16-20(9-5-6-10-20)24-11-13-26-14-12-24/h3-4,7-8H,5-6,9-16H2,1-2H3,(H2,21,22,23). The third-order valence-electron chi connectivity index (χ3n) is 5.66. The summed E-state index contributed by atoms with van der Waals surface area (Å²) in [4.78, 5) is 7.16. The summed E-state index contributed by atoms with van der Waals surface area (Å²) in [6.07, 6.45) is 5.29. The quantitative estimate of drug-likeness (QED) is 0.591. The van der Waals surface area contributed by atoms with Crippen LogP contribution in [0.3, 0.4) is 0 Å². The summed E-state index contributed by atoms with van der Waals surface area (Å²) in [7, 11) is 3.56. The number of rotatable bonds is 6. The van der Waals surface area contributed by atoms with Crippen LogP contribution in [-0.4, -0.2) is 61.7 Å². The van der Waals surface area contributed by atoms with E-state index >= 15 is 0 Å². The van der Waals surface area contributed by atoms with Crippen molar-refractivity contribution >= 4 is 17.7 Å². The summed E-state index contributed by atoms with van der Waals surface area (Å²) in [5.41, 5.74) is 1.45. The highest BCUT2D eigenvalue weighted by atomic mass is 32.2. The molecule has 5 nitrogen and oxygen atoms in total. The molecule has 1 heterocycles. The van der Waals surface area contributed by atoms with Crippen LogP contribution in [-0.2, 0) is 6.54 Å². The molecule has 0 spiro atoms. The van der Waals surface area contributed by atoms with Crippen molar-refractivity contribution in [1.29, 1.82) is 0 Å². The van der Waals surface area contributed by atoms with Crippen molar-refractivity contribution in [3.05, 3.63) is 29.8 Å². The van der Waals surface area contributed by atoms with Gasteiger partial charge < -0.3 is 15.4 Å². The minimum atomic E-state index is 0.309. The van der Waals surface area contributed by atoms with Crippen LogP contribution in [0.15, 0.2) is 29.3 Å². The van der Waals surface area contributed by atoms with Gasteiger partial charge in [-0.05, 0) is 18.9 Å². The van der Waals surface area contributed by atoms with Gasteiger partial charge in [-0.3, -0.25) is 9.89 Å². The zero-order chi connectivity index (χ0) is 18.2. The van der Waals surface area contributed by atoms with E-state index in [1.165, 1.54) is 50.3 Å². The van der Waals surface area contributed by atoms with E-state index in [0.717, 1.165) is 23.8 Å². The first-order chi connectivity index (χ1) is 12.8. The molecule has 2 fully saturated rings. The lowest BCUT2D eigenvalue weighted by molar-refractivity contribution is 0.107. The highest BCUT2D eigenvalue weighted by Gasteiger charge is 2.39. The van der Waals surface area contributed by atoms with Crippen molar-refractivity contribution in [2.75, 3.05) is 45.3 Å². The first-order valence-electron chi connectivity index (χ1n) is 9.67. The van der Waals surface area contributed by atoms with Gasteiger partial charge in [0, 0.05) is 55.8 Å². The molecule has 1 saturated heterocycles. The number of hydrogen-bond donors (Lipinski definition) is 2. The third kappa shape index (κ3) is 4.65. The van der Waals surface area contributed by atoms with E-state index < -0.39 is 0 Å². The first kappa shape index (κ1) is 19.4. The molecule has 2 aliphatic rings. The van der Waals surface area contributed by atoms with Gasteiger partial charge in [0.05, 0.1) is 7.11 Å². The molecule has 0 bridgehead atoms. The van der Waals surface area contributed by atoms with E-state index in [4.69, 9.17) is 4.74 Å². The van der Waals surface area contributed by atoms with E-state index in [9.17, 15) is 0 Å². The van der Waals surface area contributed by atoms with Crippen molar-refractivity contribution in [2.45, 2.75) is 37.8 Å². The second-order valence-corrected chi connectivity index (χ2v) is 8.35. The maximum atomic E-state index is 5.44. The van der Waals surface area contributed by atoms with E-state index in [-0.39, 0.29) is 0 Å². The number of aliphatic imine (C=N–C) groups is 1. The van der Waals surface area contributed by atoms with Crippen LogP contribution < -0.4 is 15.4 Å².